The first-order valence-electron chi connectivity index (χ1n) is 4.52. The van der Waals surface area contributed by atoms with Crippen LogP contribution in [0.1, 0.15) is 32.6 Å². The Morgan fingerprint density at radius 3 is 3.09 bits per heavy atom. The van der Waals surface area contributed by atoms with Crippen LogP contribution in [0.2, 0.25) is 0 Å². The third-order valence-electron chi connectivity index (χ3n) is 3.04. The standard InChI is InChI=1S/C10H14O/c1-7-5-6-9-8(7)3-2-4-10(9)11/h6-8H,2-5H2,1H3/t7-,8-/m0/s1. The summed E-state index contributed by atoms with van der Waals surface area (Å²) in [6, 6.07) is 0. The summed E-state index contributed by atoms with van der Waals surface area (Å²) in [4.78, 5) is 11.4. The number of hydrogen-bond acceptors (Lipinski definition) is 1. The Morgan fingerprint density at radius 1 is 1.55 bits per heavy atom. The monoisotopic (exact) mass is 150 g/mol. The van der Waals surface area contributed by atoms with E-state index in [0.29, 0.717) is 11.7 Å². The first kappa shape index (κ1) is 7.08. The second-order valence-electron chi connectivity index (χ2n) is 3.79. The zero-order chi connectivity index (χ0) is 7.84. The maximum Gasteiger partial charge on any atom is 0.158 e. The van der Waals surface area contributed by atoms with Gasteiger partial charge in [-0.25, -0.2) is 0 Å². The van der Waals surface area contributed by atoms with E-state index in [4.69, 9.17) is 0 Å². The summed E-state index contributed by atoms with van der Waals surface area (Å²) in [5.74, 6) is 1.77. The minimum absolute atomic E-state index is 0.422. The van der Waals surface area contributed by atoms with Crippen LogP contribution in [0, 0.1) is 11.8 Å². The second kappa shape index (κ2) is 2.47. The van der Waals surface area contributed by atoms with E-state index in [1.165, 1.54) is 6.42 Å². The van der Waals surface area contributed by atoms with E-state index in [9.17, 15) is 4.79 Å². The molecule has 2 aliphatic rings. The molecule has 1 fully saturated rings. The molecule has 0 spiro atoms. The molecule has 1 saturated carbocycles. The van der Waals surface area contributed by atoms with Crippen molar-refractivity contribution in [2.75, 3.05) is 0 Å². The Bertz CT molecular complexity index is 215. The van der Waals surface area contributed by atoms with Crippen LogP contribution in [0.25, 0.3) is 0 Å². The van der Waals surface area contributed by atoms with Crippen LogP contribution in [0.4, 0.5) is 0 Å². The molecule has 1 heteroatoms. The number of allylic oxidation sites excluding steroid dienone is 2. The van der Waals surface area contributed by atoms with Gasteiger partial charge in [-0.15, -0.1) is 0 Å². The highest BCUT2D eigenvalue weighted by atomic mass is 16.1. The molecule has 1 nitrogen and oxygen atoms in total. The number of rotatable bonds is 0. The van der Waals surface area contributed by atoms with Crippen molar-refractivity contribution in [1.29, 1.82) is 0 Å². The third-order valence-corrected chi connectivity index (χ3v) is 3.04. The summed E-state index contributed by atoms with van der Waals surface area (Å²) in [7, 11) is 0. The van der Waals surface area contributed by atoms with E-state index < -0.39 is 0 Å². The van der Waals surface area contributed by atoms with Gasteiger partial charge < -0.3 is 0 Å². The van der Waals surface area contributed by atoms with Gasteiger partial charge in [-0.3, -0.25) is 4.79 Å². The van der Waals surface area contributed by atoms with E-state index in [0.717, 1.165) is 30.8 Å². The fraction of sp³-hybridized carbons (Fsp3) is 0.700. The largest absolute Gasteiger partial charge is 0.295 e. The van der Waals surface area contributed by atoms with Gasteiger partial charge in [-0.2, -0.15) is 0 Å². The predicted octanol–water partition coefficient (Wildman–Crippen LogP) is 2.32. The zero-order valence-electron chi connectivity index (χ0n) is 6.97. The molecular formula is C10H14O. The summed E-state index contributed by atoms with van der Waals surface area (Å²) in [6.45, 7) is 2.26. The quantitative estimate of drug-likeness (QED) is 0.518. The van der Waals surface area contributed by atoms with Crippen molar-refractivity contribution in [3.05, 3.63) is 11.6 Å². The van der Waals surface area contributed by atoms with Crippen LogP contribution in [-0.2, 0) is 4.79 Å². The molecule has 60 valence electrons. The van der Waals surface area contributed by atoms with Crippen molar-refractivity contribution in [2.24, 2.45) is 11.8 Å². The van der Waals surface area contributed by atoms with Crippen LogP contribution >= 0.6 is 0 Å². The SMILES string of the molecule is C[C@H]1CC=C2C(=O)CCC[C@H]21. The highest BCUT2D eigenvalue weighted by Gasteiger charge is 2.32. The minimum Gasteiger partial charge on any atom is -0.295 e. The van der Waals surface area contributed by atoms with Crippen molar-refractivity contribution in [2.45, 2.75) is 32.6 Å². The molecule has 0 aromatic heterocycles. The molecule has 0 saturated heterocycles. The molecule has 2 aliphatic carbocycles. The molecule has 2 atom stereocenters. The zero-order valence-corrected chi connectivity index (χ0v) is 6.97. The maximum absolute atomic E-state index is 11.4. The number of carbonyl (C=O) groups excluding carboxylic acids is 1. The van der Waals surface area contributed by atoms with E-state index in [2.05, 4.69) is 13.0 Å². The summed E-state index contributed by atoms with van der Waals surface area (Å²) in [6.07, 6.45) is 6.46. The molecular weight excluding hydrogens is 136 g/mol. The molecule has 11 heavy (non-hydrogen) atoms. The molecule has 0 N–H and O–H groups in total. The molecule has 0 heterocycles. The lowest BCUT2D eigenvalue weighted by molar-refractivity contribution is -0.117. The van der Waals surface area contributed by atoms with E-state index in [-0.39, 0.29) is 0 Å². The Kier molecular flexibility index (Phi) is 1.59. The number of ketones is 1. The molecule has 0 aromatic rings. The van der Waals surface area contributed by atoms with Crippen molar-refractivity contribution in [3.8, 4) is 0 Å². The molecule has 0 amide bonds. The number of carbonyl (C=O) groups is 1. The van der Waals surface area contributed by atoms with Crippen LogP contribution in [0.5, 0.6) is 0 Å². The smallest absolute Gasteiger partial charge is 0.158 e. The Balaban J connectivity index is 2.22. The first-order chi connectivity index (χ1) is 5.29. The van der Waals surface area contributed by atoms with E-state index >= 15 is 0 Å². The van der Waals surface area contributed by atoms with Gasteiger partial charge in [0.05, 0.1) is 0 Å². The van der Waals surface area contributed by atoms with Crippen molar-refractivity contribution in [3.63, 3.8) is 0 Å². The minimum atomic E-state index is 0.422. The van der Waals surface area contributed by atoms with Crippen molar-refractivity contribution in [1.82, 2.24) is 0 Å². The van der Waals surface area contributed by atoms with Crippen molar-refractivity contribution < 1.29 is 4.79 Å². The third kappa shape index (κ3) is 1.03. The summed E-state index contributed by atoms with van der Waals surface area (Å²) in [5.41, 5.74) is 1.16. The number of fused-ring (bicyclic) bond motifs is 1. The fourth-order valence-corrected chi connectivity index (χ4v) is 2.32. The van der Waals surface area contributed by atoms with Gasteiger partial charge in [0.2, 0.25) is 0 Å². The lowest BCUT2D eigenvalue weighted by Crippen LogP contribution is -2.19. The van der Waals surface area contributed by atoms with Crippen LogP contribution in [-0.4, -0.2) is 5.78 Å². The molecule has 0 aromatic carbocycles. The van der Waals surface area contributed by atoms with Gasteiger partial charge >= 0.3 is 0 Å². The fourth-order valence-electron chi connectivity index (χ4n) is 2.32. The Hall–Kier alpha value is -0.590. The molecule has 0 aliphatic heterocycles. The normalized spacial score (nSPS) is 36.8. The van der Waals surface area contributed by atoms with Crippen LogP contribution in [0.15, 0.2) is 11.6 Å². The second-order valence-corrected chi connectivity index (χ2v) is 3.79. The highest BCUT2D eigenvalue weighted by Crippen LogP contribution is 2.39. The average Bonchev–Trinajstić information content (AvgIpc) is 2.35. The van der Waals surface area contributed by atoms with Gasteiger partial charge in [-0.05, 0) is 36.7 Å². The molecule has 2 rings (SSSR count). The summed E-state index contributed by atoms with van der Waals surface area (Å²) in [5, 5.41) is 0. The van der Waals surface area contributed by atoms with Gasteiger partial charge in [0, 0.05) is 6.42 Å². The highest BCUT2D eigenvalue weighted by molar-refractivity contribution is 5.97. The van der Waals surface area contributed by atoms with Gasteiger partial charge in [0.1, 0.15) is 0 Å². The summed E-state index contributed by atoms with van der Waals surface area (Å²) < 4.78 is 0. The topological polar surface area (TPSA) is 17.1 Å². The van der Waals surface area contributed by atoms with Gasteiger partial charge in [-0.1, -0.05) is 13.0 Å². The number of Topliss-reactive ketones (excluding diaryl/α,β-unsaturated/α-hetero) is 1. The van der Waals surface area contributed by atoms with E-state index in [1.807, 2.05) is 0 Å². The molecule has 0 radical (unpaired) electrons. The lowest BCUT2D eigenvalue weighted by atomic mass is 9.81. The van der Waals surface area contributed by atoms with E-state index in [1.54, 1.807) is 0 Å². The lowest BCUT2D eigenvalue weighted by Gasteiger charge is -2.23. The predicted molar refractivity (Wildman–Crippen MR) is 44.2 cm³/mol. The molecule has 0 unspecified atom stereocenters. The van der Waals surface area contributed by atoms with Gasteiger partial charge in [0.15, 0.2) is 5.78 Å². The Morgan fingerprint density at radius 2 is 2.36 bits per heavy atom. The van der Waals surface area contributed by atoms with Crippen LogP contribution in [0.3, 0.4) is 0 Å². The maximum atomic E-state index is 11.4. The van der Waals surface area contributed by atoms with Crippen LogP contribution < -0.4 is 0 Å². The average molecular weight is 150 g/mol. The Labute approximate surface area is 67.5 Å². The summed E-state index contributed by atoms with van der Waals surface area (Å²) >= 11 is 0. The number of hydrogen-bond donors (Lipinski definition) is 0. The van der Waals surface area contributed by atoms with Gasteiger partial charge in [0.25, 0.3) is 0 Å². The first-order valence-corrected chi connectivity index (χ1v) is 4.52. The van der Waals surface area contributed by atoms with Crippen molar-refractivity contribution >= 4 is 5.78 Å². The molecule has 0 bridgehead atoms.